The minimum atomic E-state index is -0.400. The first kappa shape index (κ1) is 13.9. The Kier molecular flexibility index (Phi) is 4.24. The molecule has 0 radical (unpaired) electrons. The van der Waals surface area contributed by atoms with Crippen LogP contribution >= 0.6 is 0 Å². The Hall–Kier alpha value is -2.50. The minimum Gasteiger partial charge on any atom is -0.469 e. The van der Waals surface area contributed by atoms with E-state index in [1.807, 2.05) is 25.1 Å². The first-order valence-electron chi connectivity index (χ1n) is 6.34. The Balaban J connectivity index is 2.11. The zero-order valence-electron chi connectivity index (χ0n) is 11.4. The maximum atomic E-state index is 10.9. The first-order chi connectivity index (χ1) is 9.58. The standard InChI is InChI=1S/C14H17N3O3/c1-10(6-14-4-3-5-20-14)16-12-7-11(15-2)8-13(9-12)17(18)19/h3-5,7-10,15-16H,6H2,1-2H3. The lowest BCUT2D eigenvalue weighted by atomic mass is 10.1. The quantitative estimate of drug-likeness (QED) is 0.624. The van der Waals surface area contributed by atoms with Crippen molar-refractivity contribution >= 4 is 17.1 Å². The van der Waals surface area contributed by atoms with Crippen molar-refractivity contribution in [3.8, 4) is 0 Å². The van der Waals surface area contributed by atoms with Gasteiger partial charge in [-0.2, -0.15) is 0 Å². The second-order valence-corrected chi connectivity index (χ2v) is 4.60. The predicted octanol–water partition coefficient (Wildman–Crippen LogP) is 3.27. The fourth-order valence-electron chi connectivity index (χ4n) is 2.01. The number of hydrogen-bond acceptors (Lipinski definition) is 5. The smallest absolute Gasteiger partial charge is 0.273 e. The number of nitro groups is 1. The molecule has 0 aliphatic heterocycles. The molecule has 2 rings (SSSR count). The number of benzene rings is 1. The summed E-state index contributed by atoms with van der Waals surface area (Å²) in [5.74, 6) is 0.879. The highest BCUT2D eigenvalue weighted by Gasteiger charge is 2.11. The molecule has 0 aliphatic carbocycles. The zero-order chi connectivity index (χ0) is 14.5. The van der Waals surface area contributed by atoms with Crippen LogP contribution in [0.15, 0.2) is 41.0 Å². The number of nitrogens with zero attached hydrogens (tertiary/aromatic N) is 1. The number of rotatable bonds is 6. The summed E-state index contributed by atoms with van der Waals surface area (Å²) in [6.07, 6.45) is 2.35. The second kappa shape index (κ2) is 6.10. The van der Waals surface area contributed by atoms with Gasteiger partial charge in [-0.1, -0.05) is 0 Å². The third kappa shape index (κ3) is 3.50. The van der Waals surface area contributed by atoms with Crippen LogP contribution in [0.2, 0.25) is 0 Å². The van der Waals surface area contributed by atoms with Crippen LogP contribution in [0.4, 0.5) is 17.1 Å². The van der Waals surface area contributed by atoms with Crippen molar-refractivity contribution in [2.45, 2.75) is 19.4 Å². The van der Waals surface area contributed by atoms with Crippen molar-refractivity contribution in [3.05, 3.63) is 52.5 Å². The molecular weight excluding hydrogens is 258 g/mol. The summed E-state index contributed by atoms with van der Waals surface area (Å²) in [5, 5.41) is 17.1. The van der Waals surface area contributed by atoms with Crippen molar-refractivity contribution < 1.29 is 9.34 Å². The summed E-state index contributed by atoms with van der Waals surface area (Å²) in [4.78, 5) is 10.5. The number of furan rings is 1. The maximum absolute atomic E-state index is 10.9. The molecule has 6 heteroatoms. The molecule has 20 heavy (non-hydrogen) atoms. The fourth-order valence-corrected chi connectivity index (χ4v) is 2.01. The predicted molar refractivity (Wildman–Crippen MR) is 78.1 cm³/mol. The van der Waals surface area contributed by atoms with Gasteiger partial charge in [0, 0.05) is 43.0 Å². The van der Waals surface area contributed by atoms with Crippen LogP contribution in [0.3, 0.4) is 0 Å². The molecule has 2 N–H and O–H groups in total. The monoisotopic (exact) mass is 275 g/mol. The van der Waals surface area contributed by atoms with Gasteiger partial charge in [0.1, 0.15) is 5.76 Å². The van der Waals surface area contributed by atoms with Crippen LogP contribution in [0, 0.1) is 10.1 Å². The van der Waals surface area contributed by atoms with Crippen LogP contribution < -0.4 is 10.6 Å². The van der Waals surface area contributed by atoms with Gasteiger partial charge in [-0.25, -0.2) is 0 Å². The van der Waals surface area contributed by atoms with Crippen LogP contribution in [0.5, 0.6) is 0 Å². The van der Waals surface area contributed by atoms with Crippen molar-refractivity contribution in [2.24, 2.45) is 0 Å². The molecule has 1 atom stereocenters. The van der Waals surface area contributed by atoms with Crippen molar-refractivity contribution in [1.82, 2.24) is 0 Å². The van der Waals surface area contributed by atoms with Gasteiger partial charge in [-0.05, 0) is 25.1 Å². The molecule has 1 unspecified atom stereocenters. The van der Waals surface area contributed by atoms with E-state index in [1.54, 1.807) is 13.3 Å². The largest absolute Gasteiger partial charge is 0.469 e. The molecule has 0 fully saturated rings. The molecule has 0 saturated heterocycles. The third-order valence-corrected chi connectivity index (χ3v) is 2.92. The number of non-ortho nitro benzene ring substituents is 1. The van der Waals surface area contributed by atoms with Crippen LogP contribution in [-0.4, -0.2) is 18.0 Å². The first-order valence-corrected chi connectivity index (χ1v) is 6.34. The molecule has 0 amide bonds. The Morgan fingerprint density at radius 3 is 2.70 bits per heavy atom. The molecule has 2 aromatic rings. The topological polar surface area (TPSA) is 80.3 Å². The number of nitro benzene ring substituents is 1. The Morgan fingerprint density at radius 1 is 1.35 bits per heavy atom. The van der Waals surface area contributed by atoms with E-state index in [-0.39, 0.29) is 11.7 Å². The van der Waals surface area contributed by atoms with Crippen molar-refractivity contribution in [2.75, 3.05) is 17.7 Å². The highest BCUT2D eigenvalue weighted by molar-refractivity contribution is 5.63. The SMILES string of the molecule is CNc1cc(NC(C)Cc2ccco2)cc([N+](=O)[O-])c1. The highest BCUT2D eigenvalue weighted by atomic mass is 16.6. The van der Waals surface area contributed by atoms with Gasteiger partial charge >= 0.3 is 0 Å². The normalized spacial score (nSPS) is 11.9. The minimum absolute atomic E-state index is 0.0598. The molecule has 1 aromatic carbocycles. The third-order valence-electron chi connectivity index (χ3n) is 2.92. The van der Waals surface area contributed by atoms with E-state index >= 15 is 0 Å². The highest BCUT2D eigenvalue weighted by Crippen LogP contribution is 2.24. The molecule has 6 nitrogen and oxygen atoms in total. The lowest BCUT2D eigenvalue weighted by Gasteiger charge is -2.15. The van der Waals surface area contributed by atoms with E-state index < -0.39 is 4.92 Å². The summed E-state index contributed by atoms with van der Waals surface area (Å²) in [7, 11) is 1.73. The van der Waals surface area contributed by atoms with Gasteiger partial charge in [0.05, 0.1) is 11.2 Å². The summed E-state index contributed by atoms with van der Waals surface area (Å²) in [6, 6.07) is 8.72. The molecule has 1 aromatic heterocycles. The van der Waals surface area contributed by atoms with E-state index in [0.29, 0.717) is 17.8 Å². The Labute approximate surface area is 116 Å². The van der Waals surface area contributed by atoms with Crippen molar-refractivity contribution in [3.63, 3.8) is 0 Å². The second-order valence-electron chi connectivity index (χ2n) is 4.60. The van der Waals surface area contributed by atoms with E-state index in [4.69, 9.17) is 4.42 Å². The maximum Gasteiger partial charge on any atom is 0.273 e. The van der Waals surface area contributed by atoms with Gasteiger partial charge in [0.25, 0.3) is 5.69 Å². The van der Waals surface area contributed by atoms with Gasteiger partial charge in [-0.3, -0.25) is 10.1 Å². The fraction of sp³-hybridized carbons (Fsp3) is 0.286. The van der Waals surface area contributed by atoms with Gasteiger partial charge in [-0.15, -0.1) is 0 Å². The van der Waals surface area contributed by atoms with E-state index in [1.165, 1.54) is 12.1 Å². The van der Waals surface area contributed by atoms with Crippen LogP contribution in [0.25, 0.3) is 0 Å². The summed E-state index contributed by atoms with van der Waals surface area (Å²) >= 11 is 0. The van der Waals surface area contributed by atoms with E-state index in [2.05, 4.69) is 10.6 Å². The van der Waals surface area contributed by atoms with Crippen LogP contribution in [-0.2, 0) is 6.42 Å². The molecule has 1 heterocycles. The Morgan fingerprint density at radius 2 is 2.10 bits per heavy atom. The molecule has 0 aliphatic rings. The molecule has 0 spiro atoms. The van der Waals surface area contributed by atoms with Gasteiger partial charge < -0.3 is 15.1 Å². The Bertz CT molecular complexity index is 581. The lowest BCUT2D eigenvalue weighted by Crippen LogP contribution is -2.17. The average molecular weight is 275 g/mol. The number of hydrogen-bond donors (Lipinski definition) is 2. The summed E-state index contributed by atoms with van der Waals surface area (Å²) < 4.78 is 5.29. The summed E-state index contributed by atoms with van der Waals surface area (Å²) in [5.41, 5.74) is 1.47. The van der Waals surface area contributed by atoms with E-state index in [0.717, 1.165) is 5.76 Å². The van der Waals surface area contributed by atoms with Gasteiger partial charge in [0.15, 0.2) is 0 Å². The van der Waals surface area contributed by atoms with Gasteiger partial charge in [0.2, 0.25) is 0 Å². The number of anilines is 2. The average Bonchev–Trinajstić information content (AvgIpc) is 2.90. The van der Waals surface area contributed by atoms with Crippen LogP contribution in [0.1, 0.15) is 12.7 Å². The molecule has 0 saturated carbocycles. The number of nitrogens with one attached hydrogen (secondary N) is 2. The lowest BCUT2D eigenvalue weighted by molar-refractivity contribution is -0.384. The summed E-state index contributed by atoms with van der Waals surface area (Å²) in [6.45, 7) is 2.00. The van der Waals surface area contributed by atoms with E-state index in [9.17, 15) is 10.1 Å². The van der Waals surface area contributed by atoms with Crippen molar-refractivity contribution in [1.29, 1.82) is 0 Å². The zero-order valence-corrected chi connectivity index (χ0v) is 11.4. The molecule has 106 valence electrons. The molecule has 0 bridgehead atoms. The molecular formula is C14H17N3O3.